The van der Waals surface area contributed by atoms with E-state index in [1.807, 2.05) is 0 Å². The van der Waals surface area contributed by atoms with Crippen LogP contribution < -0.4 is 5.32 Å². The number of aryl methyl sites for hydroxylation is 1. The summed E-state index contributed by atoms with van der Waals surface area (Å²) in [6, 6.07) is 10.1. The van der Waals surface area contributed by atoms with E-state index < -0.39 is 0 Å². The van der Waals surface area contributed by atoms with E-state index in [0.717, 1.165) is 5.92 Å². The molecule has 0 saturated heterocycles. The summed E-state index contributed by atoms with van der Waals surface area (Å²) in [7, 11) is 2.08. The molecule has 1 aliphatic carbocycles. The van der Waals surface area contributed by atoms with Gasteiger partial charge in [0.05, 0.1) is 0 Å². The summed E-state index contributed by atoms with van der Waals surface area (Å²) in [6.07, 6.45) is 9.25. The molecule has 0 radical (unpaired) electrons. The van der Waals surface area contributed by atoms with Gasteiger partial charge in [-0.2, -0.15) is 0 Å². The van der Waals surface area contributed by atoms with Gasteiger partial charge in [-0.25, -0.2) is 0 Å². The van der Waals surface area contributed by atoms with E-state index in [9.17, 15) is 0 Å². The Kier molecular flexibility index (Phi) is 5.25. The molecule has 1 aromatic carbocycles. The summed E-state index contributed by atoms with van der Waals surface area (Å²) in [5, 5.41) is 3.42. The zero-order valence-corrected chi connectivity index (χ0v) is 11.9. The van der Waals surface area contributed by atoms with Crippen molar-refractivity contribution in [1.29, 1.82) is 0 Å². The van der Waals surface area contributed by atoms with Crippen molar-refractivity contribution in [3.63, 3.8) is 0 Å². The van der Waals surface area contributed by atoms with Crippen molar-refractivity contribution < 1.29 is 0 Å². The standard InChI is InChI=1S/C17H27N/c1-3-5-17(18-2)13-10-14-8-11-16(12-9-14)15-6-4-7-15/h8-9,11-12,15,17-18H,3-7,10,13H2,1-2H3. The fraction of sp³-hybridized carbons (Fsp3) is 0.647. The number of hydrogen-bond donors (Lipinski definition) is 1. The van der Waals surface area contributed by atoms with E-state index in [4.69, 9.17) is 0 Å². The van der Waals surface area contributed by atoms with Gasteiger partial charge in [0.25, 0.3) is 0 Å². The fourth-order valence-corrected chi connectivity index (χ4v) is 2.82. The Bertz CT molecular complexity index is 337. The first-order chi connectivity index (χ1) is 8.83. The molecular formula is C17H27N. The van der Waals surface area contributed by atoms with Gasteiger partial charge in [0.2, 0.25) is 0 Å². The summed E-state index contributed by atoms with van der Waals surface area (Å²) < 4.78 is 0. The van der Waals surface area contributed by atoms with Gasteiger partial charge in [-0.05, 0) is 56.2 Å². The highest BCUT2D eigenvalue weighted by Gasteiger charge is 2.18. The van der Waals surface area contributed by atoms with Crippen LogP contribution >= 0.6 is 0 Å². The lowest BCUT2D eigenvalue weighted by atomic mass is 9.80. The van der Waals surface area contributed by atoms with Crippen molar-refractivity contribution in [3.8, 4) is 0 Å². The summed E-state index contributed by atoms with van der Waals surface area (Å²) in [5.41, 5.74) is 3.05. The highest BCUT2D eigenvalue weighted by atomic mass is 14.9. The summed E-state index contributed by atoms with van der Waals surface area (Å²) in [4.78, 5) is 0. The SMILES string of the molecule is CCCC(CCc1ccc(C2CCC2)cc1)NC. The molecule has 100 valence electrons. The average Bonchev–Trinajstić information content (AvgIpc) is 2.34. The van der Waals surface area contributed by atoms with Crippen molar-refractivity contribution >= 4 is 0 Å². The van der Waals surface area contributed by atoms with Crippen LogP contribution in [0.4, 0.5) is 0 Å². The average molecular weight is 245 g/mol. The molecule has 0 aliphatic heterocycles. The van der Waals surface area contributed by atoms with Crippen LogP contribution in [-0.2, 0) is 6.42 Å². The van der Waals surface area contributed by atoms with E-state index in [-0.39, 0.29) is 0 Å². The zero-order valence-electron chi connectivity index (χ0n) is 11.9. The summed E-state index contributed by atoms with van der Waals surface area (Å²) in [6.45, 7) is 2.26. The molecule has 1 saturated carbocycles. The Morgan fingerprint density at radius 1 is 1.17 bits per heavy atom. The highest BCUT2D eigenvalue weighted by molar-refractivity contribution is 5.26. The highest BCUT2D eigenvalue weighted by Crippen LogP contribution is 2.36. The van der Waals surface area contributed by atoms with Crippen LogP contribution in [0, 0.1) is 0 Å². The van der Waals surface area contributed by atoms with Gasteiger partial charge >= 0.3 is 0 Å². The first kappa shape index (κ1) is 13.6. The third-order valence-electron chi connectivity index (χ3n) is 4.38. The van der Waals surface area contributed by atoms with Crippen LogP contribution in [0.15, 0.2) is 24.3 Å². The number of hydrogen-bond acceptors (Lipinski definition) is 1. The molecule has 18 heavy (non-hydrogen) atoms. The second-order valence-corrected chi connectivity index (χ2v) is 5.68. The fourth-order valence-electron chi connectivity index (χ4n) is 2.82. The second kappa shape index (κ2) is 6.94. The Morgan fingerprint density at radius 2 is 1.89 bits per heavy atom. The maximum absolute atomic E-state index is 3.42. The van der Waals surface area contributed by atoms with E-state index in [1.54, 1.807) is 5.56 Å². The van der Waals surface area contributed by atoms with Crippen LogP contribution in [0.5, 0.6) is 0 Å². The lowest BCUT2D eigenvalue weighted by molar-refractivity contribution is 0.419. The molecule has 0 aromatic heterocycles. The molecule has 1 N–H and O–H groups in total. The van der Waals surface area contributed by atoms with Crippen molar-refractivity contribution in [2.24, 2.45) is 0 Å². The Labute approximate surface area is 112 Å². The minimum atomic E-state index is 0.682. The number of rotatable bonds is 7. The quantitative estimate of drug-likeness (QED) is 0.756. The van der Waals surface area contributed by atoms with Crippen LogP contribution in [0.25, 0.3) is 0 Å². The van der Waals surface area contributed by atoms with E-state index in [0.29, 0.717) is 6.04 Å². The van der Waals surface area contributed by atoms with Crippen molar-refractivity contribution in [2.75, 3.05) is 7.05 Å². The van der Waals surface area contributed by atoms with Crippen LogP contribution in [-0.4, -0.2) is 13.1 Å². The molecule has 1 unspecified atom stereocenters. The van der Waals surface area contributed by atoms with Crippen LogP contribution in [0.1, 0.15) is 62.5 Å². The Hall–Kier alpha value is -0.820. The maximum atomic E-state index is 3.42. The second-order valence-electron chi connectivity index (χ2n) is 5.68. The van der Waals surface area contributed by atoms with Gasteiger partial charge < -0.3 is 5.32 Å². The largest absolute Gasteiger partial charge is 0.317 e. The van der Waals surface area contributed by atoms with Gasteiger partial charge in [0.1, 0.15) is 0 Å². The minimum Gasteiger partial charge on any atom is -0.317 e. The van der Waals surface area contributed by atoms with Crippen LogP contribution in [0.2, 0.25) is 0 Å². The molecule has 1 aromatic rings. The smallest absolute Gasteiger partial charge is 0.00671 e. The molecule has 1 fully saturated rings. The van der Waals surface area contributed by atoms with Gasteiger partial charge in [-0.15, -0.1) is 0 Å². The minimum absolute atomic E-state index is 0.682. The van der Waals surface area contributed by atoms with Gasteiger partial charge in [0.15, 0.2) is 0 Å². The van der Waals surface area contributed by atoms with Crippen LogP contribution in [0.3, 0.4) is 0 Å². The first-order valence-corrected chi connectivity index (χ1v) is 7.59. The molecule has 2 rings (SSSR count). The monoisotopic (exact) mass is 245 g/mol. The van der Waals surface area contributed by atoms with E-state index in [1.165, 1.54) is 50.5 Å². The third kappa shape index (κ3) is 3.58. The van der Waals surface area contributed by atoms with Gasteiger partial charge in [-0.1, -0.05) is 44.0 Å². The normalized spacial score (nSPS) is 17.4. The molecule has 1 atom stereocenters. The van der Waals surface area contributed by atoms with Gasteiger partial charge in [-0.3, -0.25) is 0 Å². The van der Waals surface area contributed by atoms with Crippen molar-refractivity contribution in [2.45, 2.75) is 63.8 Å². The van der Waals surface area contributed by atoms with E-state index >= 15 is 0 Å². The number of benzene rings is 1. The predicted octanol–water partition coefficient (Wildman–Crippen LogP) is 4.27. The third-order valence-corrected chi connectivity index (χ3v) is 4.38. The maximum Gasteiger partial charge on any atom is 0.00671 e. The molecule has 0 spiro atoms. The lowest BCUT2D eigenvalue weighted by Crippen LogP contribution is -2.25. The van der Waals surface area contributed by atoms with Crippen molar-refractivity contribution in [1.82, 2.24) is 5.32 Å². The molecule has 0 amide bonds. The molecule has 1 nitrogen and oxygen atoms in total. The molecule has 1 aliphatic rings. The predicted molar refractivity (Wildman–Crippen MR) is 79.1 cm³/mol. The summed E-state index contributed by atoms with van der Waals surface area (Å²) in [5.74, 6) is 0.865. The molecule has 0 heterocycles. The molecule has 0 bridgehead atoms. The topological polar surface area (TPSA) is 12.0 Å². The molecule has 1 heteroatoms. The first-order valence-electron chi connectivity index (χ1n) is 7.59. The number of nitrogens with one attached hydrogen (secondary N) is 1. The summed E-state index contributed by atoms with van der Waals surface area (Å²) >= 11 is 0. The lowest BCUT2D eigenvalue weighted by Gasteiger charge is -2.25. The zero-order chi connectivity index (χ0) is 12.8. The Morgan fingerprint density at radius 3 is 2.39 bits per heavy atom. The van der Waals surface area contributed by atoms with E-state index in [2.05, 4.69) is 43.6 Å². The van der Waals surface area contributed by atoms with Crippen molar-refractivity contribution in [3.05, 3.63) is 35.4 Å². The molecular weight excluding hydrogens is 218 g/mol. The Balaban J connectivity index is 1.81. The van der Waals surface area contributed by atoms with Gasteiger partial charge in [0, 0.05) is 6.04 Å².